The van der Waals surface area contributed by atoms with E-state index in [1.54, 1.807) is 0 Å². The van der Waals surface area contributed by atoms with Crippen molar-refractivity contribution in [2.45, 2.75) is 0 Å². The highest BCUT2D eigenvalue weighted by atomic mass is 19.1. The van der Waals surface area contributed by atoms with Crippen LogP contribution in [0.5, 0.6) is 0 Å². The Morgan fingerprint density at radius 1 is 1.88 bits per heavy atom. The van der Waals surface area contributed by atoms with Crippen LogP contribution in [0.15, 0.2) is 0 Å². The van der Waals surface area contributed by atoms with Crippen molar-refractivity contribution in [2.24, 2.45) is 5.73 Å². The maximum Gasteiger partial charge on any atom is 0.231 e. The molecule has 3 nitrogen and oxygen atoms in total. The third-order valence-electron chi connectivity index (χ3n) is 0.630. The molecule has 0 aromatic heterocycles. The zero-order chi connectivity index (χ0) is 6.57. The monoisotopic (exact) mass is 120 g/mol. The largest absolute Gasteiger partial charge is 0.369 e. The first-order valence-electron chi connectivity index (χ1n) is 2.19. The van der Waals surface area contributed by atoms with E-state index in [0.29, 0.717) is 0 Å². The highest BCUT2D eigenvalue weighted by Gasteiger charge is 1.98. The molecule has 0 atom stereocenters. The molecule has 0 unspecified atom stereocenters. The lowest BCUT2D eigenvalue weighted by atomic mass is 10.6. The van der Waals surface area contributed by atoms with Crippen LogP contribution in [0.4, 0.5) is 4.39 Å². The summed E-state index contributed by atoms with van der Waals surface area (Å²) in [4.78, 5) is 11.2. The van der Waals surface area contributed by atoms with E-state index in [0.717, 1.165) is 0 Å². The predicted molar refractivity (Wildman–Crippen MR) is 27.8 cm³/mol. The molecule has 0 radical (unpaired) electrons. The normalized spacial score (nSPS) is 9.88. The predicted octanol–water partition coefficient (Wildman–Crippen LogP) is -0.669. The van der Waals surface area contributed by atoms with Gasteiger partial charge in [0, 0.05) is 0 Å². The fourth-order valence-electron chi connectivity index (χ4n) is 0.308. The van der Waals surface area contributed by atoms with Crippen molar-refractivity contribution >= 4 is 5.91 Å². The van der Waals surface area contributed by atoms with E-state index < -0.39 is 12.7 Å². The minimum Gasteiger partial charge on any atom is -0.369 e. The molecule has 48 valence electrons. The van der Waals surface area contributed by atoms with Gasteiger partial charge in [0.25, 0.3) is 0 Å². The van der Waals surface area contributed by atoms with Gasteiger partial charge in [0.2, 0.25) is 5.91 Å². The van der Waals surface area contributed by atoms with Gasteiger partial charge in [0.1, 0.15) is 6.80 Å². The van der Waals surface area contributed by atoms with Gasteiger partial charge in [0.15, 0.2) is 0 Å². The van der Waals surface area contributed by atoms with Gasteiger partial charge < -0.3 is 5.73 Å². The Balaban J connectivity index is 3.24. The molecule has 0 spiro atoms. The average molecular weight is 120 g/mol. The van der Waals surface area contributed by atoms with E-state index in [9.17, 15) is 9.18 Å². The van der Waals surface area contributed by atoms with Gasteiger partial charge in [0.05, 0.1) is 6.54 Å². The summed E-state index contributed by atoms with van der Waals surface area (Å²) in [6, 6.07) is 0. The molecule has 0 saturated heterocycles. The fourth-order valence-corrected chi connectivity index (χ4v) is 0.308. The maximum absolute atomic E-state index is 11.5. The van der Waals surface area contributed by atoms with Crippen LogP contribution in [0.3, 0.4) is 0 Å². The molecule has 0 rings (SSSR count). The second kappa shape index (κ2) is 3.37. The molecule has 0 bridgehead atoms. The number of primary amides is 1. The number of hydrogen-bond acceptors (Lipinski definition) is 2. The van der Waals surface area contributed by atoms with E-state index in [1.807, 2.05) is 0 Å². The van der Waals surface area contributed by atoms with E-state index in [1.165, 1.54) is 11.9 Å². The van der Waals surface area contributed by atoms with E-state index in [2.05, 4.69) is 0 Å². The number of likely N-dealkylation sites (N-methyl/N-ethyl adjacent to an activating group) is 1. The summed E-state index contributed by atoms with van der Waals surface area (Å²) < 4.78 is 11.5. The summed E-state index contributed by atoms with van der Waals surface area (Å²) in [5.41, 5.74) is 4.72. The smallest absolute Gasteiger partial charge is 0.231 e. The van der Waals surface area contributed by atoms with Gasteiger partial charge in [-0.15, -0.1) is 0 Å². The van der Waals surface area contributed by atoms with Gasteiger partial charge in [-0.05, 0) is 7.05 Å². The van der Waals surface area contributed by atoms with Crippen LogP contribution in [0, 0.1) is 0 Å². The van der Waals surface area contributed by atoms with Crippen LogP contribution in [0.25, 0.3) is 0 Å². The molecule has 0 aromatic rings. The van der Waals surface area contributed by atoms with Crippen molar-refractivity contribution in [3.05, 3.63) is 0 Å². The van der Waals surface area contributed by atoms with E-state index in [4.69, 9.17) is 5.73 Å². The van der Waals surface area contributed by atoms with Gasteiger partial charge in [-0.1, -0.05) is 0 Å². The first-order valence-corrected chi connectivity index (χ1v) is 2.19. The topological polar surface area (TPSA) is 46.3 Å². The molecule has 4 heteroatoms. The molecule has 8 heavy (non-hydrogen) atoms. The van der Waals surface area contributed by atoms with Crippen LogP contribution < -0.4 is 5.73 Å². The van der Waals surface area contributed by atoms with Crippen molar-refractivity contribution in [3.63, 3.8) is 0 Å². The van der Waals surface area contributed by atoms with Crippen LogP contribution in [-0.2, 0) is 4.79 Å². The highest BCUT2D eigenvalue weighted by Crippen LogP contribution is 1.78. The molecule has 0 fully saturated rings. The SMILES string of the molecule is CN(CF)CC(N)=O. The Labute approximate surface area is 47.3 Å². The number of alkyl halides is 1. The first kappa shape index (κ1) is 7.36. The quantitative estimate of drug-likeness (QED) is 0.502. The Morgan fingerprint density at radius 3 is 2.50 bits per heavy atom. The number of halogens is 1. The highest BCUT2D eigenvalue weighted by molar-refractivity contribution is 5.75. The standard InChI is InChI=1S/C4H9FN2O/c1-7(3-5)2-4(6)8/h2-3H2,1H3,(H2,6,8). The Bertz CT molecular complexity index is 86.1. The summed E-state index contributed by atoms with van der Waals surface area (Å²) in [6.45, 7) is -0.653. The third-order valence-corrected chi connectivity index (χ3v) is 0.630. The molecular formula is C4H9FN2O. The Kier molecular flexibility index (Phi) is 3.10. The van der Waals surface area contributed by atoms with Crippen LogP contribution in [0.2, 0.25) is 0 Å². The number of rotatable bonds is 3. The first-order chi connectivity index (χ1) is 3.66. The number of carbonyl (C=O) groups excluding carboxylic acids is 1. The lowest BCUT2D eigenvalue weighted by Gasteiger charge is -2.06. The average Bonchev–Trinajstić information content (AvgIpc) is 1.65. The summed E-state index contributed by atoms with van der Waals surface area (Å²) >= 11 is 0. The van der Waals surface area contributed by atoms with Crippen molar-refractivity contribution < 1.29 is 9.18 Å². The van der Waals surface area contributed by atoms with Crippen LogP contribution >= 0.6 is 0 Å². The minimum absolute atomic E-state index is 0.0174. The fraction of sp³-hybridized carbons (Fsp3) is 0.750. The molecule has 0 aliphatic heterocycles. The van der Waals surface area contributed by atoms with Crippen molar-refractivity contribution in [1.82, 2.24) is 4.90 Å². The minimum atomic E-state index is -0.636. The Hall–Kier alpha value is -0.640. The van der Waals surface area contributed by atoms with Crippen molar-refractivity contribution in [3.8, 4) is 0 Å². The van der Waals surface area contributed by atoms with E-state index >= 15 is 0 Å². The second-order valence-electron chi connectivity index (χ2n) is 1.60. The van der Waals surface area contributed by atoms with Crippen molar-refractivity contribution in [2.75, 3.05) is 20.4 Å². The van der Waals surface area contributed by atoms with Gasteiger partial charge in [-0.2, -0.15) is 0 Å². The number of hydrogen-bond donors (Lipinski definition) is 1. The summed E-state index contributed by atoms with van der Waals surface area (Å²) in [7, 11) is 1.48. The van der Waals surface area contributed by atoms with Gasteiger partial charge in [-0.3, -0.25) is 9.69 Å². The number of amides is 1. The molecule has 2 N–H and O–H groups in total. The molecule has 0 aromatic carbocycles. The maximum atomic E-state index is 11.5. The number of nitrogens with zero attached hydrogens (tertiary/aromatic N) is 1. The summed E-state index contributed by atoms with van der Waals surface area (Å²) in [5.74, 6) is -0.509. The zero-order valence-electron chi connectivity index (χ0n) is 4.72. The molecular weight excluding hydrogens is 111 g/mol. The lowest BCUT2D eigenvalue weighted by Crippen LogP contribution is -2.29. The summed E-state index contributed by atoms with van der Waals surface area (Å²) in [5, 5.41) is 0. The van der Waals surface area contributed by atoms with Gasteiger partial charge in [-0.25, -0.2) is 4.39 Å². The number of nitrogens with two attached hydrogens (primary N) is 1. The molecule has 0 aliphatic rings. The Morgan fingerprint density at radius 2 is 2.38 bits per heavy atom. The molecule has 0 heterocycles. The van der Waals surface area contributed by atoms with Crippen LogP contribution in [0.1, 0.15) is 0 Å². The molecule has 0 saturated carbocycles. The molecule has 1 amide bonds. The molecule has 0 aliphatic carbocycles. The zero-order valence-corrected chi connectivity index (χ0v) is 4.72. The van der Waals surface area contributed by atoms with Gasteiger partial charge >= 0.3 is 0 Å². The summed E-state index contributed by atoms with van der Waals surface area (Å²) in [6.07, 6.45) is 0. The second-order valence-corrected chi connectivity index (χ2v) is 1.60. The van der Waals surface area contributed by atoms with E-state index in [-0.39, 0.29) is 6.54 Å². The van der Waals surface area contributed by atoms with Crippen LogP contribution in [-0.4, -0.2) is 31.2 Å². The third kappa shape index (κ3) is 3.55. The van der Waals surface area contributed by atoms with Crippen molar-refractivity contribution in [1.29, 1.82) is 0 Å². The lowest BCUT2D eigenvalue weighted by molar-refractivity contribution is -0.119. The number of carbonyl (C=O) groups is 1.